The Balaban J connectivity index is 1.46. The van der Waals surface area contributed by atoms with Gasteiger partial charge in [0, 0.05) is 26.4 Å². The Hall–Kier alpha value is -1.88. The lowest BCUT2D eigenvalue weighted by atomic mass is 9.70. The van der Waals surface area contributed by atoms with Gasteiger partial charge in [0.2, 0.25) is 0 Å². The predicted molar refractivity (Wildman–Crippen MR) is 655 cm³/mol. The van der Waals surface area contributed by atoms with Crippen LogP contribution in [0.3, 0.4) is 0 Å². The molecule has 832 valence electrons. The number of unbranched alkanes of at least 4 members (excludes halogenated alkanes) is 68. The molecule has 4 nitrogen and oxygen atoms in total. The smallest absolute Gasteiger partial charge is 0.108 e. The first-order valence-corrected chi connectivity index (χ1v) is 68.1. The summed E-state index contributed by atoms with van der Waals surface area (Å²) in [6.07, 6.45) is 102. The van der Waals surface area contributed by atoms with Crippen molar-refractivity contribution in [3.8, 4) is 0 Å². The first kappa shape index (κ1) is 133. The van der Waals surface area contributed by atoms with Crippen LogP contribution >= 0.6 is 47.0 Å². The van der Waals surface area contributed by atoms with Crippen LogP contribution in [0.5, 0.6) is 0 Å². The summed E-state index contributed by atoms with van der Waals surface area (Å²) in [5, 5.41) is 0. The van der Waals surface area contributed by atoms with Gasteiger partial charge < -0.3 is 18.9 Å². The molecule has 8 heteroatoms. The van der Waals surface area contributed by atoms with E-state index in [0.717, 1.165) is 25.7 Å². The van der Waals surface area contributed by atoms with E-state index in [0.29, 0.717) is 26.4 Å². The molecule has 0 aromatic heterocycles. The Morgan fingerprint density at radius 1 is 0.153 bits per heavy atom. The Bertz CT molecular complexity index is 3020. The lowest BCUT2D eigenvalue weighted by molar-refractivity contribution is 0.0639. The molecule has 0 radical (unpaired) electrons. The molecule has 0 aliphatic heterocycles. The van der Waals surface area contributed by atoms with Crippen molar-refractivity contribution >= 4 is 47.0 Å². The van der Waals surface area contributed by atoms with Gasteiger partial charge in [0.1, 0.15) is 24.4 Å². The molecule has 0 atom stereocenters. The summed E-state index contributed by atoms with van der Waals surface area (Å²) >= 11 is 8.88. The molecular formula is C136H240O4S4. The van der Waals surface area contributed by atoms with E-state index in [4.69, 9.17) is 18.9 Å². The standard InChI is InChI=1S/C136H240O4S4/c1-17-21-25-29-33-37-49-61-73-85-109-141-113-89-77-65-53-41-45-57-69-81-105-137-129-117-97-93-99-119(125(117)133(5,6)7)130(138-106-82-70-58-46-42-54-66-78-90-114-142-110-86-74-62-50-38-34-30-26-22-18-2)121-101-95-103-123(127(121)135(11,12)13)132(140-108-84-72-60-48-44-56-68-80-92-116-144-112-88-76-64-52-40-36-32-28-24-20-4)124-104-96-102-122(128(124)136(14,15)16)131(120-100-94-98-118(129)126(120)134(8,9)10)139-107-83-71-59-47-43-55-67-79-91-115-143-111-87-75-63-51-39-35-31-27-23-19-3/h93-104,129-132H,17-92,105-116H2,1-16H3. The minimum atomic E-state index is -0.339. The second-order valence-corrected chi connectivity index (χ2v) is 54.1. The zero-order valence-electron chi connectivity index (χ0n) is 98.7. The van der Waals surface area contributed by atoms with Gasteiger partial charge in [-0.3, -0.25) is 0 Å². The van der Waals surface area contributed by atoms with Gasteiger partial charge in [-0.1, -0.05) is 595 Å². The first-order valence-electron chi connectivity index (χ1n) is 63.5. The van der Waals surface area contributed by atoms with Gasteiger partial charge in [-0.2, -0.15) is 47.0 Å². The average molecular weight is 2070 g/mol. The maximum absolute atomic E-state index is 7.95. The van der Waals surface area contributed by atoms with Crippen LogP contribution in [0.2, 0.25) is 0 Å². The van der Waals surface area contributed by atoms with Crippen LogP contribution in [0.15, 0.2) is 72.8 Å². The van der Waals surface area contributed by atoms with E-state index in [1.165, 1.54) is 575 Å². The molecule has 0 heterocycles. The SMILES string of the molecule is CCCCCCCCCCCCSCCCCCCCCCCCOC1c2cccc(c2C(C)(C)C)C(OCCCCCCCCCCCSCCCCCCCCCCCC)c2cccc(c2C(C)(C)C)C(OCCCCCCCCCCCSCCCCCCCCCCCC)c2cccc(c2C(C)(C)C)C(OCCCCCCCCCCCSCCCCCCCCCCCC)c2cccc1c2C(C)(C)C. The summed E-state index contributed by atoms with van der Waals surface area (Å²) in [5.74, 6) is 10.8. The summed E-state index contributed by atoms with van der Waals surface area (Å²) in [6, 6.07) is 29.4. The summed E-state index contributed by atoms with van der Waals surface area (Å²) in [6.45, 7) is 41.9. The number of rotatable bonds is 96. The molecule has 0 saturated heterocycles. The van der Waals surface area contributed by atoms with E-state index in [9.17, 15) is 0 Å². The fourth-order valence-corrected chi connectivity index (χ4v) is 27.2. The van der Waals surface area contributed by atoms with Crippen molar-refractivity contribution in [1.29, 1.82) is 0 Å². The van der Waals surface area contributed by atoms with Gasteiger partial charge in [-0.15, -0.1) is 0 Å². The molecule has 1 aliphatic carbocycles. The van der Waals surface area contributed by atoms with Crippen molar-refractivity contribution in [2.24, 2.45) is 0 Å². The third-order valence-corrected chi connectivity index (χ3v) is 35.8. The van der Waals surface area contributed by atoms with Gasteiger partial charge in [0.25, 0.3) is 0 Å². The van der Waals surface area contributed by atoms with Crippen LogP contribution in [0.1, 0.15) is 690 Å². The molecule has 8 bridgehead atoms. The van der Waals surface area contributed by atoms with E-state index in [1.807, 2.05) is 0 Å². The molecule has 4 aromatic rings. The maximum Gasteiger partial charge on any atom is 0.108 e. The van der Waals surface area contributed by atoms with Crippen molar-refractivity contribution in [3.63, 3.8) is 0 Å². The highest BCUT2D eigenvalue weighted by Gasteiger charge is 2.41. The topological polar surface area (TPSA) is 36.9 Å². The van der Waals surface area contributed by atoms with Crippen LogP contribution in [-0.2, 0) is 40.6 Å². The minimum Gasteiger partial charge on any atom is -0.369 e. The number of hydrogen-bond acceptors (Lipinski definition) is 8. The molecule has 0 unspecified atom stereocenters. The molecule has 4 aromatic carbocycles. The van der Waals surface area contributed by atoms with Crippen LogP contribution in [-0.4, -0.2) is 72.5 Å². The first-order chi connectivity index (χ1) is 70.2. The van der Waals surface area contributed by atoms with Crippen molar-refractivity contribution in [2.75, 3.05) is 72.5 Å². The zero-order valence-corrected chi connectivity index (χ0v) is 102. The molecule has 5 rings (SSSR count). The van der Waals surface area contributed by atoms with E-state index in [2.05, 4.69) is 231 Å². The molecule has 0 N–H and O–H groups in total. The molecule has 144 heavy (non-hydrogen) atoms. The normalized spacial score (nSPS) is 14.8. The number of hydrogen-bond donors (Lipinski definition) is 0. The summed E-state index contributed by atoms with van der Waals surface area (Å²) < 4.78 is 31.8. The van der Waals surface area contributed by atoms with Crippen LogP contribution in [0.4, 0.5) is 0 Å². The van der Waals surface area contributed by atoms with Crippen molar-refractivity contribution in [1.82, 2.24) is 0 Å². The Labute approximate surface area is 915 Å². The highest BCUT2D eigenvalue weighted by atomic mass is 32.2. The largest absolute Gasteiger partial charge is 0.369 e. The number of thioether (sulfide) groups is 4. The number of ether oxygens (including phenoxy) is 4. The Morgan fingerprint density at radius 2 is 0.257 bits per heavy atom. The van der Waals surface area contributed by atoms with Crippen LogP contribution in [0.25, 0.3) is 0 Å². The molecule has 1 aliphatic rings. The Morgan fingerprint density at radius 3 is 0.368 bits per heavy atom. The average Bonchev–Trinajstić information content (AvgIpc) is 0.729. The summed E-state index contributed by atoms with van der Waals surface area (Å²) in [5.41, 5.74) is 14.5. The quantitative estimate of drug-likeness (QED) is 0.0405. The van der Waals surface area contributed by atoms with Crippen molar-refractivity contribution in [3.05, 3.63) is 140 Å². The number of benzene rings is 4. The lowest BCUT2D eigenvalue weighted by Gasteiger charge is -2.39. The molecule has 0 fully saturated rings. The number of fused-ring (bicyclic) bond motifs is 8. The molecular weight excluding hydrogens is 1830 g/mol. The highest BCUT2D eigenvalue weighted by molar-refractivity contribution is 7.99. The summed E-state index contributed by atoms with van der Waals surface area (Å²) in [4.78, 5) is 0. The highest BCUT2D eigenvalue weighted by Crippen LogP contribution is 2.52. The molecule has 0 saturated carbocycles. The van der Waals surface area contributed by atoms with Gasteiger partial charge in [0.15, 0.2) is 0 Å². The van der Waals surface area contributed by atoms with E-state index in [-0.39, 0.29) is 46.1 Å². The monoisotopic (exact) mass is 2070 g/mol. The second-order valence-electron chi connectivity index (χ2n) is 49.2. The Kier molecular flexibility index (Phi) is 80.4. The third kappa shape index (κ3) is 61.4. The predicted octanol–water partition coefficient (Wildman–Crippen LogP) is 46.3. The zero-order chi connectivity index (χ0) is 104. The van der Waals surface area contributed by atoms with Gasteiger partial charge in [-0.05, 0) is 211 Å². The van der Waals surface area contributed by atoms with Crippen LogP contribution < -0.4 is 0 Å². The minimum absolute atomic E-state index is 0.290. The van der Waals surface area contributed by atoms with Crippen molar-refractivity contribution in [2.45, 2.75) is 645 Å². The second kappa shape index (κ2) is 87.3. The fraction of sp³-hybridized carbons (Fsp3) is 0.824. The van der Waals surface area contributed by atoms with E-state index < -0.39 is 0 Å². The van der Waals surface area contributed by atoms with Crippen LogP contribution in [0, 0.1) is 0 Å². The van der Waals surface area contributed by atoms with Gasteiger partial charge >= 0.3 is 0 Å². The molecule has 0 spiro atoms. The van der Waals surface area contributed by atoms with E-state index >= 15 is 0 Å². The van der Waals surface area contributed by atoms with Gasteiger partial charge in [-0.25, -0.2) is 0 Å². The van der Waals surface area contributed by atoms with Gasteiger partial charge in [0.05, 0.1) is 0 Å². The van der Waals surface area contributed by atoms with E-state index in [1.54, 1.807) is 0 Å². The van der Waals surface area contributed by atoms with Crippen molar-refractivity contribution < 1.29 is 18.9 Å². The fourth-order valence-electron chi connectivity index (χ4n) is 23.1. The lowest BCUT2D eigenvalue weighted by Crippen LogP contribution is -2.29. The summed E-state index contributed by atoms with van der Waals surface area (Å²) in [7, 11) is 0. The third-order valence-electron chi connectivity index (χ3n) is 31.2. The maximum atomic E-state index is 7.95. The molecule has 0 amide bonds.